The maximum Gasteiger partial charge on any atom is 0.320 e. The molecule has 0 saturated carbocycles. The van der Waals surface area contributed by atoms with Crippen molar-refractivity contribution in [2.75, 3.05) is 19.6 Å². The molecule has 0 spiro atoms. The van der Waals surface area contributed by atoms with Gasteiger partial charge in [0.2, 0.25) is 0 Å². The highest BCUT2D eigenvalue weighted by Crippen LogP contribution is 2.27. The van der Waals surface area contributed by atoms with E-state index in [1.54, 1.807) is 40.1 Å². The average Bonchev–Trinajstić information content (AvgIpc) is 2.91. The molecule has 7 nitrogen and oxygen atoms in total. The Bertz CT molecular complexity index is 1320. The third-order valence-electron chi connectivity index (χ3n) is 6.73. The number of benzene rings is 3. The monoisotopic (exact) mass is 567 g/mol. The molecular formula is C30H31Cl2N3O4. The van der Waals surface area contributed by atoms with Crippen LogP contribution < -0.4 is 5.32 Å². The van der Waals surface area contributed by atoms with Crippen molar-refractivity contribution in [3.63, 3.8) is 0 Å². The molecule has 4 rings (SSSR count). The molecule has 0 aromatic heterocycles. The van der Waals surface area contributed by atoms with E-state index in [1.807, 2.05) is 30.3 Å². The van der Waals surface area contributed by atoms with Crippen LogP contribution >= 0.6 is 23.2 Å². The van der Waals surface area contributed by atoms with Crippen LogP contribution in [-0.4, -0.2) is 52.4 Å². The molecule has 1 fully saturated rings. The van der Waals surface area contributed by atoms with Crippen molar-refractivity contribution in [2.45, 2.75) is 32.4 Å². The molecule has 3 amide bonds. The first kappa shape index (κ1) is 28.5. The zero-order chi connectivity index (χ0) is 27.8. The summed E-state index contributed by atoms with van der Waals surface area (Å²) in [5.74, 6) is -1.39. The fraction of sp³-hybridized carbons (Fsp3) is 0.300. The maximum absolute atomic E-state index is 13.5. The fourth-order valence-electron chi connectivity index (χ4n) is 4.85. The second-order valence-electron chi connectivity index (χ2n) is 9.75. The van der Waals surface area contributed by atoms with E-state index in [-0.39, 0.29) is 43.9 Å². The van der Waals surface area contributed by atoms with Gasteiger partial charge in [-0.1, -0.05) is 77.8 Å². The lowest BCUT2D eigenvalue weighted by atomic mass is 9.99. The van der Waals surface area contributed by atoms with Crippen LogP contribution in [0.15, 0.2) is 72.8 Å². The summed E-state index contributed by atoms with van der Waals surface area (Å²) in [6.07, 6.45) is 1.60. The Hall–Kier alpha value is -3.55. The molecule has 1 saturated heterocycles. The van der Waals surface area contributed by atoms with Crippen molar-refractivity contribution in [1.82, 2.24) is 15.1 Å². The Labute approximate surface area is 238 Å². The molecule has 2 N–H and O–H groups in total. The summed E-state index contributed by atoms with van der Waals surface area (Å²) in [5.41, 5.74) is 3.14. The number of urea groups is 1. The number of hydrogen-bond acceptors (Lipinski definition) is 3. The normalized spacial score (nSPS) is 15.3. The van der Waals surface area contributed by atoms with E-state index in [9.17, 15) is 19.5 Å². The topological polar surface area (TPSA) is 90.0 Å². The van der Waals surface area contributed by atoms with Crippen LogP contribution in [0.5, 0.6) is 0 Å². The molecule has 9 heteroatoms. The van der Waals surface area contributed by atoms with Crippen molar-refractivity contribution < 1.29 is 19.5 Å². The van der Waals surface area contributed by atoms with Gasteiger partial charge >= 0.3 is 12.0 Å². The second-order valence-corrected chi connectivity index (χ2v) is 10.6. The van der Waals surface area contributed by atoms with Crippen molar-refractivity contribution in [3.05, 3.63) is 105 Å². The number of aryl methyl sites for hydroxylation is 1. The van der Waals surface area contributed by atoms with Crippen LogP contribution in [0.1, 0.15) is 39.9 Å². The summed E-state index contributed by atoms with van der Waals surface area (Å²) in [4.78, 5) is 41.3. The van der Waals surface area contributed by atoms with Gasteiger partial charge in [0.25, 0.3) is 5.91 Å². The minimum Gasteiger partial charge on any atom is -0.481 e. The van der Waals surface area contributed by atoms with Crippen molar-refractivity contribution in [1.29, 1.82) is 0 Å². The van der Waals surface area contributed by atoms with E-state index in [0.717, 1.165) is 18.4 Å². The molecule has 1 atom stereocenters. The van der Waals surface area contributed by atoms with Crippen LogP contribution in [-0.2, 0) is 24.3 Å². The fourth-order valence-corrected chi connectivity index (χ4v) is 5.32. The maximum atomic E-state index is 13.5. The smallest absolute Gasteiger partial charge is 0.320 e. The lowest BCUT2D eigenvalue weighted by molar-refractivity contribution is -0.138. The zero-order valence-corrected chi connectivity index (χ0v) is 23.0. The molecule has 0 bridgehead atoms. The molecule has 3 aromatic rings. The summed E-state index contributed by atoms with van der Waals surface area (Å²) in [6.45, 7) is 1.52. The number of halogens is 2. The van der Waals surface area contributed by atoms with Gasteiger partial charge < -0.3 is 20.2 Å². The van der Waals surface area contributed by atoms with Gasteiger partial charge in [-0.3, -0.25) is 9.59 Å². The molecule has 3 aromatic carbocycles. The number of carboxylic acid groups (broad SMARTS) is 1. The SMILES string of the molecule is O=C(O)CC1CN(Cc2ccc(Cl)cc2Cl)C(=O)N(Cc2ccccc2C(=O)NCCCc2ccccc2)C1. The average molecular weight is 569 g/mol. The van der Waals surface area contributed by atoms with E-state index in [4.69, 9.17) is 23.2 Å². The van der Waals surface area contributed by atoms with Gasteiger partial charge in [0.05, 0.1) is 6.42 Å². The lowest BCUT2D eigenvalue weighted by Gasteiger charge is -2.40. The van der Waals surface area contributed by atoms with E-state index in [2.05, 4.69) is 17.4 Å². The molecule has 1 heterocycles. The predicted octanol–water partition coefficient (Wildman–Crippen LogP) is 5.88. The first-order valence-corrected chi connectivity index (χ1v) is 13.7. The molecule has 1 unspecified atom stereocenters. The summed E-state index contributed by atoms with van der Waals surface area (Å²) < 4.78 is 0. The van der Waals surface area contributed by atoms with E-state index in [0.29, 0.717) is 34.3 Å². The van der Waals surface area contributed by atoms with Gasteiger partial charge in [0.1, 0.15) is 0 Å². The van der Waals surface area contributed by atoms with Crippen LogP contribution in [0.4, 0.5) is 4.79 Å². The van der Waals surface area contributed by atoms with Crippen LogP contribution in [0.2, 0.25) is 10.0 Å². The van der Waals surface area contributed by atoms with Crippen LogP contribution in [0, 0.1) is 5.92 Å². The Morgan fingerprint density at radius 2 is 1.56 bits per heavy atom. The Kier molecular flexibility index (Phi) is 9.85. The summed E-state index contributed by atoms with van der Waals surface area (Å²) in [5, 5.41) is 13.4. The van der Waals surface area contributed by atoms with E-state index in [1.165, 1.54) is 5.56 Å². The number of carbonyl (C=O) groups is 3. The second kappa shape index (κ2) is 13.5. The Morgan fingerprint density at radius 1 is 0.897 bits per heavy atom. The minimum absolute atomic E-state index is 0.0713. The molecular weight excluding hydrogens is 537 g/mol. The van der Waals surface area contributed by atoms with Crippen molar-refractivity contribution in [2.24, 2.45) is 5.92 Å². The molecule has 0 aliphatic carbocycles. The number of carbonyl (C=O) groups excluding carboxylic acids is 2. The number of amides is 3. The number of aliphatic carboxylic acids is 1. The quantitative estimate of drug-likeness (QED) is 0.283. The third-order valence-corrected chi connectivity index (χ3v) is 7.32. The van der Waals surface area contributed by atoms with Crippen molar-refractivity contribution >= 4 is 41.1 Å². The summed E-state index contributed by atoms with van der Waals surface area (Å²) in [6, 6.07) is 22.2. The number of nitrogens with one attached hydrogen (secondary N) is 1. The lowest BCUT2D eigenvalue weighted by Crippen LogP contribution is -2.53. The Morgan fingerprint density at radius 3 is 2.26 bits per heavy atom. The number of hydrogen-bond donors (Lipinski definition) is 2. The number of rotatable bonds is 11. The molecule has 1 aliphatic heterocycles. The van der Waals surface area contributed by atoms with Crippen molar-refractivity contribution in [3.8, 4) is 0 Å². The Balaban J connectivity index is 1.45. The van der Waals surface area contributed by atoms with Gasteiger partial charge in [-0.25, -0.2) is 4.79 Å². The summed E-state index contributed by atoms with van der Waals surface area (Å²) >= 11 is 12.4. The highest BCUT2D eigenvalue weighted by Gasteiger charge is 2.33. The van der Waals surface area contributed by atoms with Gasteiger partial charge in [0, 0.05) is 54.3 Å². The minimum atomic E-state index is -0.922. The van der Waals surface area contributed by atoms with Gasteiger partial charge in [-0.2, -0.15) is 0 Å². The molecule has 39 heavy (non-hydrogen) atoms. The highest BCUT2D eigenvalue weighted by molar-refractivity contribution is 6.35. The first-order valence-electron chi connectivity index (χ1n) is 12.9. The first-order chi connectivity index (χ1) is 18.8. The zero-order valence-electron chi connectivity index (χ0n) is 21.5. The largest absolute Gasteiger partial charge is 0.481 e. The third kappa shape index (κ3) is 7.97. The summed E-state index contributed by atoms with van der Waals surface area (Å²) in [7, 11) is 0. The standard InChI is InChI=1S/C30H31Cl2N3O4/c31-25-13-12-24(27(32)16-25)20-35-18-22(15-28(36)37)17-34(30(35)39)19-23-10-4-5-11-26(23)29(38)33-14-6-9-21-7-2-1-3-8-21/h1-5,7-8,10-13,16,22H,6,9,14-15,17-20H2,(H,33,38)(H,36,37). The van der Waals surface area contributed by atoms with Crippen LogP contribution in [0.3, 0.4) is 0 Å². The van der Waals surface area contributed by atoms with E-state index >= 15 is 0 Å². The van der Waals surface area contributed by atoms with Crippen LogP contribution in [0.25, 0.3) is 0 Å². The predicted molar refractivity (Wildman–Crippen MR) is 152 cm³/mol. The molecule has 204 valence electrons. The number of nitrogens with zero attached hydrogens (tertiary/aromatic N) is 2. The van der Waals surface area contributed by atoms with E-state index < -0.39 is 5.97 Å². The molecule has 1 aliphatic rings. The number of carboxylic acids is 1. The van der Waals surface area contributed by atoms with Gasteiger partial charge in [0.15, 0.2) is 0 Å². The van der Waals surface area contributed by atoms with Gasteiger partial charge in [-0.05, 0) is 47.7 Å². The highest BCUT2D eigenvalue weighted by atomic mass is 35.5. The molecule has 0 radical (unpaired) electrons. The van der Waals surface area contributed by atoms with Gasteiger partial charge in [-0.15, -0.1) is 0 Å².